The van der Waals surface area contributed by atoms with Crippen molar-refractivity contribution >= 4 is 11.8 Å². The zero-order valence-electron chi connectivity index (χ0n) is 11.3. The number of benzene rings is 1. The topological polar surface area (TPSA) is 37.4 Å². The molecule has 2 amide bonds. The average molecular weight is 313 g/mol. The highest BCUT2D eigenvalue weighted by Crippen LogP contribution is 2.48. The molecule has 0 radical (unpaired) electrons. The summed E-state index contributed by atoms with van der Waals surface area (Å²) in [5, 5.41) is 0. The highest BCUT2D eigenvalue weighted by Gasteiger charge is 2.52. The smallest absolute Gasteiger partial charge is 0.265 e. The molecule has 1 aliphatic heterocycles. The Labute approximate surface area is 122 Å². The molecular formula is C15H11F4NO2. The van der Waals surface area contributed by atoms with Crippen LogP contribution in [0.1, 0.15) is 46.4 Å². The van der Waals surface area contributed by atoms with Gasteiger partial charge in [0.05, 0.1) is 11.1 Å². The number of rotatable bonds is 1. The van der Waals surface area contributed by atoms with Crippen LogP contribution in [-0.2, 0) is 0 Å². The molecule has 2 fully saturated rings. The first-order valence-electron chi connectivity index (χ1n) is 7.15. The van der Waals surface area contributed by atoms with Crippen LogP contribution in [-0.4, -0.2) is 22.8 Å². The summed E-state index contributed by atoms with van der Waals surface area (Å²) in [5.74, 6) is -9.34. The Hall–Kier alpha value is -1.92. The minimum absolute atomic E-state index is 0.105. The summed E-state index contributed by atoms with van der Waals surface area (Å²) in [6, 6.07) is -0.434. The van der Waals surface area contributed by atoms with E-state index in [1.165, 1.54) is 0 Å². The number of nitrogens with zero attached hydrogens (tertiary/aromatic N) is 1. The molecule has 1 unspecified atom stereocenters. The Morgan fingerprint density at radius 3 is 1.73 bits per heavy atom. The van der Waals surface area contributed by atoms with Crippen LogP contribution in [0.15, 0.2) is 0 Å². The van der Waals surface area contributed by atoms with Crippen molar-refractivity contribution in [2.24, 2.45) is 11.8 Å². The van der Waals surface area contributed by atoms with E-state index in [0.29, 0.717) is 12.3 Å². The van der Waals surface area contributed by atoms with Gasteiger partial charge in [-0.05, 0) is 31.1 Å². The molecule has 0 spiro atoms. The normalized spacial score (nSPS) is 29.6. The summed E-state index contributed by atoms with van der Waals surface area (Å²) in [4.78, 5) is 25.4. The summed E-state index contributed by atoms with van der Waals surface area (Å²) >= 11 is 0. The molecule has 2 aliphatic carbocycles. The average Bonchev–Trinajstić information content (AvgIpc) is 3.16. The van der Waals surface area contributed by atoms with E-state index in [4.69, 9.17) is 0 Å². The molecule has 0 N–H and O–H groups in total. The van der Waals surface area contributed by atoms with Crippen LogP contribution in [0.3, 0.4) is 0 Å². The Morgan fingerprint density at radius 2 is 1.32 bits per heavy atom. The molecule has 3 nitrogen and oxygen atoms in total. The summed E-state index contributed by atoms with van der Waals surface area (Å²) in [5.41, 5.74) is -1.96. The molecule has 1 aromatic rings. The zero-order chi connectivity index (χ0) is 15.8. The first-order valence-corrected chi connectivity index (χ1v) is 7.15. The lowest BCUT2D eigenvalue weighted by molar-refractivity contribution is 0.0527. The van der Waals surface area contributed by atoms with E-state index >= 15 is 0 Å². The van der Waals surface area contributed by atoms with E-state index in [-0.39, 0.29) is 5.92 Å². The second-order valence-corrected chi connectivity index (χ2v) is 6.23. The monoisotopic (exact) mass is 313 g/mol. The van der Waals surface area contributed by atoms with Gasteiger partial charge < -0.3 is 0 Å². The maximum absolute atomic E-state index is 13.8. The number of fused-ring (bicyclic) bond motifs is 3. The van der Waals surface area contributed by atoms with Crippen LogP contribution in [0, 0.1) is 35.1 Å². The fraction of sp³-hybridized carbons (Fsp3) is 0.467. The molecule has 1 aromatic carbocycles. The van der Waals surface area contributed by atoms with Gasteiger partial charge in [-0.2, -0.15) is 0 Å². The third-order valence-corrected chi connectivity index (χ3v) is 5.16. The van der Waals surface area contributed by atoms with E-state index in [9.17, 15) is 27.2 Å². The SMILES string of the molecule is O=C1c2c(F)c(F)c(F)c(F)c2C(=O)N1C1C[C@@H]2CC[C@@H]1C2. The molecule has 0 saturated heterocycles. The predicted octanol–water partition coefficient (Wildman–Crippen LogP) is 3.03. The number of hydrogen-bond acceptors (Lipinski definition) is 2. The number of carbonyl (C=O) groups is 2. The van der Waals surface area contributed by atoms with Crippen molar-refractivity contribution in [3.8, 4) is 0 Å². The Morgan fingerprint density at radius 1 is 0.773 bits per heavy atom. The third-order valence-electron chi connectivity index (χ3n) is 5.16. The Bertz CT molecular complexity index is 686. The van der Waals surface area contributed by atoms with E-state index in [1.54, 1.807) is 0 Å². The van der Waals surface area contributed by atoms with Crippen LogP contribution < -0.4 is 0 Å². The third kappa shape index (κ3) is 1.51. The summed E-state index contributed by atoms with van der Waals surface area (Å²) < 4.78 is 54.3. The molecule has 2 bridgehead atoms. The number of carbonyl (C=O) groups excluding carboxylic acids is 2. The first kappa shape index (κ1) is 13.7. The molecule has 7 heteroatoms. The first-order chi connectivity index (χ1) is 10.4. The van der Waals surface area contributed by atoms with Gasteiger partial charge in [0.15, 0.2) is 23.3 Å². The van der Waals surface area contributed by atoms with E-state index < -0.39 is 52.3 Å². The Balaban J connectivity index is 1.84. The number of halogens is 4. The second-order valence-electron chi connectivity index (χ2n) is 6.23. The van der Waals surface area contributed by atoms with Gasteiger partial charge in [0.2, 0.25) is 0 Å². The number of imide groups is 1. The lowest BCUT2D eigenvalue weighted by Crippen LogP contribution is -2.43. The van der Waals surface area contributed by atoms with E-state index in [2.05, 4.69) is 0 Å². The summed E-state index contributed by atoms with van der Waals surface area (Å²) in [7, 11) is 0. The van der Waals surface area contributed by atoms with Crippen molar-refractivity contribution in [2.75, 3.05) is 0 Å². The van der Waals surface area contributed by atoms with Gasteiger partial charge in [-0.3, -0.25) is 14.5 Å². The van der Waals surface area contributed by atoms with Gasteiger partial charge in [-0.15, -0.1) is 0 Å². The molecule has 22 heavy (non-hydrogen) atoms. The molecule has 0 aromatic heterocycles. The van der Waals surface area contributed by atoms with Gasteiger partial charge in [-0.1, -0.05) is 6.42 Å². The van der Waals surface area contributed by atoms with Crippen molar-refractivity contribution in [1.82, 2.24) is 4.90 Å². The van der Waals surface area contributed by atoms with Crippen LogP contribution >= 0.6 is 0 Å². The lowest BCUT2D eigenvalue weighted by Gasteiger charge is -2.29. The van der Waals surface area contributed by atoms with Crippen molar-refractivity contribution < 1.29 is 27.2 Å². The standard InChI is InChI=1S/C15H11F4NO2/c16-10-8-9(11(17)13(19)12(10)18)15(22)20(14(8)21)7-4-5-1-2-6(7)3-5/h5-7H,1-4H2/t5-,6-,7?/m1/s1. The predicted molar refractivity (Wildman–Crippen MR) is 66.0 cm³/mol. The number of hydrogen-bond donors (Lipinski definition) is 0. The van der Waals surface area contributed by atoms with Crippen LogP contribution in [0.5, 0.6) is 0 Å². The van der Waals surface area contributed by atoms with Crippen molar-refractivity contribution in [1.29, 1.82) is 0 Å². The van der Waals surface area contributed by atoms with E-state index in [0.717, 1.165) is 24.2 Å². The van der Waals surface area contributed by atoms with Gasteiger partial charge in [0.1, 0.15) is 0 Å². The van der Waals surface area contributed by atoms with Crippen molar-refractivity contribution in [3.05, 3.63) is 34.4 Å². The van der Waals surface area contributed by atoms with Gasteiger partial charge >= 0.3 is 0 Å². The minimum atomic E-state index is -2.06. The fourth-order valence-electron chi connectivity index (χ4n) is 4.20. The zero-order valence-corrected chi connectivity index (χ0v) is 11.3. The van der Waals surface area contributed by atoms with Crippen LogP contribution in [0.4, 0.5) is 17.6 Å². The maximum atomic E-state index is 13.8. The molecule has 4 rings (SSSR count). The molecule has 2 saturated carbocycles. The quantitative estimate of drug-likeness (QED) is 0.346. The molecule has 116 valence electrons. The van der Waals surface area contributed by atoms with E-state index in [1.807, 2.05) is 0 Å². The van der Waals surface area contributed by atoms with Gasteiger partial charge in [0, 0.05) is 6.04 Å². The molecule has 1 heterocycles. The van der Waals surface area contributed by atoms with Gasteiger partial charge in [0.25, 0.3) is 11.8 Å². The Kier molecular flexibility index (Phi) is 2.68. The second kappa shape index (κ2) is 4.30. The summed E-state index contributed by atoms with van der Waals surface area (Å²) in [6.07, 6.45) is 3.31. The largest absolute Gasteiger partial charge is 0.271 e. The molecular weight excluding hydrogens is 302 g/mol. The van der Waals surface area contributed by atoms with Crippen molar-refractivity contribution in [2.45, 2.75) is 31.7 Å². The minimum Gasteiger partial charge on any atom is -0.271 e. The van der Waals surface area contributed by atoms with Gasteiger partial charge in [-0.25, -0.2) is 17.6 Å². The molecule has 3 aliphatic rings. The van der Waals surface area contributed by atoms with Crippen LogP contribution in [0.25, 0.3) is 0 Å². The number of amides is 2. The fourth-order valence-corrected chi connectivity index (χ4v) is 4.20. The lowest BCUT2D eigenvalue weighted by atomic mass is 9.94. The summed E-state index contributed by atoms with van der Waals surface area (Å²) in [6.45, 7) is 0. The van der Waals surface area contributed by atoms with Crippen LogP contribution in [0.2, 0.25) is 0 Å². The maximum Gasteiger partial charge on any atom is 0.265 e. The van der Waals surface area contributed by atoms with Crippen molar-refractivity contribution in [3.63, 3.8) is 0 Å². The highest BCUT2D eigenvalue weighted by molar-refractivity contribution is 6.21. The highest BCUT2D eigenvalue weighted by atomic mass is 19.2. The molecule has 3 atom stereocenters.